The first-order valence-corrected chi connectivity index (χ1v) is 4.99. The molecule has 0 radical (unpaired) electrons. The summed E-state index contributed by atoms with van der Waals surface area (Å²) >= 11 is 0. The van der Waals surface area contributed by atoms with Crippen molar-refractivity contribution in [2.24, 2.45) is 5.92 Å². The molecule has 0 saturated carbocycles. The van der Waals surface area contributed by atoms with Crippen LogP contribution in [0.2, 0.25) is 0 Å². The van der Waals surface area contributed by atoms with Gasteiger partial charge in [-0.25, -0.2) is 0 Å². The van der Waals surface area contributed by atoms with Crippen LogP contribution in [0.15, 0.2) is 0 Å². The SMILES string of the molecule is CC(C)CC(C=O)NCC(=O)NCC=O. The monoisotopic (exact) mass is 214 g/mol. The molecule has 86 valence electrons. The van der Waals surface area contributed by atoms with Gasteiger partial charge in [-0.05, 0) is 12.3 Å². The lowest BCUT2D eigenvalue weighted by atomic mass is 10.1. The Hall–Kier alpha value is -1.23. The Morgan fingerprint density at radius 3 is 2.47 bits per heavy atom. The number of hydrogen-bond donors (Lipinski definition) is 2. The zero-order valence-electron chi connectivity index (χ0n) is 9.16. The van der Waals surface area contributed by atoms with Crippen molar-refractivity contribution in [1.29, 1.82) is 0 Å². The van der Waals surface area contributed by atoms with E-state index >= 15 is 0 Å². The van der Waals surface area contributed by atoms with Crippen LogP contribution in [0.1, 0.15) is 20.3 Å². The van der Waals surface area contributed by atoms with E-state index in [9.17, 15) is 14.4 Å². The van der Waals surface area contributed by atoms with Gasteiger partial charge in [-0.15, -0.1) is 0 Å². The number of aldehydes is 2. The van der Waals surface area contributed by atoms with Crippen molar-refractivity contribution in [1.82, 2.24) is 10.6 Å². The molecule has 0 aromatic heterocycles. The summed E-state index contributed by atoms with van der Waals surface area (Å²) in [5, 5.41) is 5.19. The molecule has 0 aromatic carbocycles. The summed E-state index contributed by atoms with van der Waals surface area (Å²) < 4.78 is 0. The van der Waals surface area contributed by atoms with E-state index in [1.165, 1.54) is 0 Å². The van der Waals surface area contributed by atoms with E-state index in [0.717, 1.165) is 6.29 Å². The summed E-state index contributed by atoms with van der Waals surface area (Å²) in [4.78, 5) is 31.6. The van der Waals surface area contributed by atoms with Crippen molar-refractivity contribution in [3.05, 3.63) is 0 Å². The Bertz CT molecular complexity index is 217. The van der Waals surface area contributed by atoms with Gasteiger partial charge in [0.15, 0.2) is 0 Å². The van der Waals surface area contributed by atoms with E-state index in [2.05, 4.69) is 10.6 Å². The van der Waals surface area contributed by atoms with Crippen LogP contribution in [0.4, 0.5) is 0 Å². The molecule has 1 atom stereocenters. The first-order chi connectivity index (χ1) is 7.10. The minimum atomic E-state index is -0.299. The van der Waals surface area contributed by atoms with Crippen molar-refractivity contribution < 1.29 is 14.4 Å². The van der Waals surface area contributed by atoms with Crippen LogP contribution in [0.5, 0.6) is 0 Å². The second-order valence-electron chi connectivity index (χ2n) is 3.72. The van der Waals surface area contributed by atoms with Crippen molar-refractivity contribution in [2.45, 2.75) is 26.3 Å². The quantitative estimate of drug-likeness (QED) is 0.534. The minimum absolute atomic E-state index is 0.0104. The number of rotatable bonds is 8. The van der Waals surface area contributed by atoms with Gasteiger partial charge in [0, 0.05) is 0 Å². The minimum Gasteiger partial charge on any atom is -0.348 e. The van der Waals surface area contributed by atoms with Crippen LogP contribution in [0, 0.1) is 5.92 Å². The van der Waals surface area contributed by atoms with E-state index in [1.54, 1.807) is 0 Å². The molecule has 0 fully saturated rings. The third kappa shape index (κ3) is 7.81. The highest BCUT2D eigenvalue weighted by Crippen LogP contribution is 2.01. The second kappa shape index (κ2) is 8.11. The van der Waals surface area contributed by atoms with Gasteiger partial charge in [0.05, 0.1) is 19.1 Å². The Balaban J connectivity index is 3.74. The Kier molecular flexibility index (Phi) is 7.44. The summed E-state index contributed by atoms with van der Waals surface area (Å²) in [5.41, 5.74) is 0. The maximum Gasteiger partial charge on any atom is 0.234 e. The maximum absolute atomic E-state index is 11.1. The van der Waals surface area contributed by atoms with Gasteiger partial charge in [0.2, 0.25) is 5.91 Å². The number of amides is 1. The predicted octanol–water partition coefficient (Wildman–Crippen LogP) is -0.495. The largest absolute Gasteiger partial charge is 0.348 e. The smallest absolute Gasteiger partial charge is 0.234 e. The van der Waals surface area contributed by atoms with Crippen molar-refractivity contribution in [2.75, 3.05) is 13.1 Å². The molecule has 2 N–H and O–H groups in total. The Morgan fingerprint density at radius 1 is 1.33 bits per heavy atom. The molecule has 0 bridgehead atoms. The highest BCUT2D eigenvalue weighted by atomic mass is 16.2. The first-order valence-electron chi connectivity index (χ1n) is 4.99. The fraction of sp³-hybridized carbons (Fsp3) is 0.700. The molecular weight excluding hydrogens is 196 g/mol. The topological polar surface area (TPSA) is 75.3 Å². The third-order valence-corrected chi connectivity index (χ3v) is 1.80. The summed E-state index contributed by atoms with van der Waals surface area (Å²) in [6, 6.07) is -0.299. The van der Waals surface area contributed by atoms with E-state index in [4.69, 9.17) is 0 Å². The summed E-state index contributed by atoms with van der Waals surface area (Å²) in [6.07, 6.45) is 2.11. The molecule has 1 amide bonds. The molecule has 1 unspecified atom stereocenters. The third-order valence-electron chi connectivity index (χ3n) is 1.80. The zero-order chi connectivity index (χ0) is 11.7. The number of hydrogen-bond acceptors (Lipinski definition) is 4. The fourth-order valence-corrected chi connectivity index (χ4v) is 1.14. The molecule has 15 heavy (non-hydrogen) atoms. The Labute approximate surface area is 89.6 Å². The van der Waals surface area contributed by atoms with Crippen LogP contribution in [0.3, 0.4) is 0 Å². The molecular formula is C10H18N2O3. The normalized spacial score (nSPS) is 12.2. The zero-order valence-corrected chi connectivity index (χ0v) is 9.16. The van der Waals surface area contributed by atoms with Crippen molar-refractivity contribution in [3.8, 4) is 0 Å². The standard InChI is InChI=1S/C10H18N2O3/c1-8(2)5-9(7-14)12-6-10(15)11-3-4-13/h4,7-9,12H,3,5-6H2,1-2H3,(H,11,15). The van der Waals surface area contributed by atoms with Crippen molar-refractivity contribution in [3.63, 3.8) is 0 Å². The molecule has 0 aromatic rings. The molecule has 5 heteroatoms. The Morgan fingerprint density at radius 2 is 2.00 bits per heavy atom. The average molecular weight is 214 g/mol. The van der Waals surface area contributed by atoms with E-state index in [1.807, 2.05) is 13.8 Å². The lowest BCUT2D eigenvalue weighted by Gasteiger charge is -2.14. The first kappa shape index (κ1) is 13.8. The molecule has 5 nitrogen and oxygen atoms in total. The van der Waals surface area contributed by atoms with Crippen LogP contribution >= 0.6 is 0 Å². The highest BCUT2D eigenvalue weighted by Gasteiger charge is 2.10. The van der Waals surface area contributed by atoms with Crippen LogP contribution < -0.4 is 10.6 Å². The fourth-order valence-electron chi connectivity index (χ4n) is 1.14. The lowest BCUT2D eigenvalue weighted by molar-refractivity contribution is -0.122. The molecule has 0 aliphatic carbocycles. The van der Waals surface area contributed by atoms with Gasteiger partial charge < -0.3 is 14.9 Å². The van der Waals surface area contributed by atoms with Crippen LogP contribution in [-0.4, -0.2) is 37.6 Å². The summed E-state index contributed by atoms with van der Waals surface area (Å²) in [5.74, 6) is 0.114. The predicted molar refractivity (Wildman–Crippen MR) is 56.4 cm³/mol. The molecule has 0 spiro atoms. The van der Waals surface area contributed by atoms with Gasteiger partial charge in [0.1, 0.15) is 12.6 Å². The van der Waals surface area contributed by atoms with E-state index in [-0.39, 0.29) is 25.0 Å². The van der Waals surface area contributed by atoms with Gasteiger partial charge >= 0.3 is 0 Å². The number of carbonyl (C=O) groups excluding carboxylic acids is 3. The van der Waals surface area contributed by atoms with E-state index < -0.39 is 0 Å². The molecule has 0 heterocycles. The van der Waals surface area contributed by atoms with Gasteiger partial charge in [-0.3, -0.25) is 10.1 Å². The maximum atomic E-state index is 11.1. The number of nitrogens with one attached hydrogen (secondary N) is 2. The molecule has 0 rings (SSSR count). The van der Waals surface area contributed by atoms with Gasteiger partial charge in [-0.1, -0.05) is 13.8 Å². The van der Waals surface area contributed by atoms with Crippen LogP contribution in [0.25, 0.3) is 0 Å². The van der Waals surface area contributed by atoms with Crippen LogP contribution in [-0.2, 0) is 14.4 Å². The second-order valence-corrected chi connectivity index (χ2v) is 3.72. The van der Waals surface area contributed by atoms with E-state index in [0.29, 0.717) is 18.6 Å². The number of carbonyl (C=O) groups is 3. The average Bonchev–Trinajstić information content (AvgIpc) is 2.20. The molecule has 0 aliphatic rings. The molecule has 0 saturated heterocycles. The lowest BCUT2D eigenvalue weighted by Crippen LogP contribution is -2.40. The van der Waals surface area contributed by atoms with Crippen molar-refractivity contribution >= 4 is 18.5 Å². The summed E-state index contributed by atoms with van der Waals surface area (Å²) in [7, 11) is 0. The van der Waals surface area contributed by atoms with Gasteiger partial charge in [-0.2, -0.15) is 0 Å². The highest BCUT2D eigenvalue weighted by molar-refractivity contribution is 5.80. The summed E-state index contributed by atoms with van der Waals surface area (Å²) in [6.45, 7) is 4.08. The molecule has 0 aliphatic heterocycles. The van der Waals surface area contributed by atoms with Gasteiger partial charge in [0.25, 0.3) is 0 Å².